The van der Waals surface area contributed by atoms with Gasteiger partial charge in [-0.2, -0.15) is 0 Å². The molecule has 0 unspecified atom stereocenters. The van der Waals surface area contributed by atoms with Crippen LogP contribution in [0.1, 0.15) is 95.5 Å². The average Bonchev–Trinajstić information content (AvgIpc) is 4.48. The highest BCUT2D eigenvalue weighted by Crippen LogP contribution is 2.45. The van der Waals surface area contributed by atoms with Gasteiger partial charge in [0.05, 0.1) is 28.8 Å². The molecule has 0 aliphatic carbocycles. The van der Waals surface area contributed by atoms with Crippen molar-refractivity contribution in [2.75, 3.05) is 58.2 Å². The van der Waals surface area contributed by atoms with Gasteiger partial charge in [0.15, 0.2) is 0 Å². The van der Waals surface area contributed by atoms with E-state index >= 15 is 0 Å². The number of nitrogens with zero attached hydrogens (tertiary/aromatic N) is 7. The van der Waals surface area contributed by atoms with Crippen molar-refractivity contribution < 1.29 is 13.6 Å². The van der Waals surface area contributed by atoms with Crippen LogP contribution in [0.15, 0.2) is 118 Å². The van der Waals surface area contributed by atoms with Gasteiger partial charge in [-0.05, 0) is 164 Å². The van der Waals surface area contributed by atoms with Crippen LogP contribution in [-0.2, 0) is 28.5 Å². The van der Waals surface area contributed by atoms with Crippen LogP contribution in [-0.4, -0.2) is 109 Å². The van der Waals surface area contributed by atoms with Gasteiger partial charge in [-0.1, -0.05) is 70.8 Å². The van der Waals surface area contributed by atoms with Gasteiger partial charge in [0.2, 0.25) is 29.5 Å². The maximum Gasteiger partial charge on any atom is 0.247 e. The van der Waals surface area contributed by atoms with E-state index in [1.165, 1.54) is 75.6 Å². The number of thiophene rings is 2. The molecule has 2 aliphatic rings. The molecule has 12 nitrogen and oxygen atoms in total. The number of carbonyl (C=O) groups is 1. The van der Waals surface area contributed by atoms with Gasteiger partial charge >= 0.3 is 0 Å². The Morgan fingerprint density at radius 1 is 0.557 bits per heavy atom. The van der Waals surface area contributed by atoms with Gasteiger partial charge in [0.1, 0.15) is 9.66 Å². The third kappa shape index (κ3) is 11.5. The van der Waals surface area contributed by atoms with Crippen LogP contribution in [0.3, 0.4) is 0 Å². The summed E-state index contributed by atoms with van der Waals surface area (Å²) in [7, 11) is 0. The largest absolute Gasteiger partial charge is 0.420 e. The Morgan fingerprint density at radius 2 is 0.987 bits per heavy atom. The number of aromatic amines is 2. The first-order valence-corrected chi connectivity index (χ1v) is 29.8. The lowest BCUT2D eigenvalue weighted by molar-refractivity contribution is -0.131. The number of fused-ring (bicyclic) bond motifs is 2. The Morgan fingerprint density at radius 3 is 1.43 bits per heavy atom. The zero-order valence-electron chi connectivity index (χ0n) is 46.6. The molecule has 2 aliphatic heterocycles. The van der Waals surface area contributed by atoms with Crippen molar-refractivity contribution in [2.24, 2.45) is 0 Å². The maximum absolute atomic E-state index is 12.7. The number of halogens is 1. The fourth-order valence-corrected chi connectivity index (χ4v) is 13.8. The quantitative estimate of drug-likeness (QED) is 0.0962. The number of H-pyrrole nitrogens is 2. The van der Waals surface area contributed by atoms with Crippen molar-refractivity contribution >= 4 is 60.6 Å². The number of hydrogen-bond donors (Lipinski definition) is 2. The zero-order valence-corrected chi connectivity index (χ0v) is 49.0. The predicted molar refractivity (Wildman–Crippen MR) is 323 cm³/mol. The highest BCUT2D eigenvalue weighted by Gasteiger charge is 2.35. The smallest absolute Gasteiger partial charge is 0.247 e. The maximum atomic E-state index is 12.7. The van der Waals surface area contributed by atoms with E-state index in [0.29, 0.717) is 41.9 Å². The highest BCUT2D eigenvalue weighted by atomic mass is 35.5. The van der Waals surface area contributed by atoms with E-state index in [9.17, 15) is 4.79 Å². The number of hydrogen-bond acceptors (Lipinski definition) is 11. The fraction of sp³-hybridized carbons (Fsp3) is 0.359. The summed E-state index contributed by atoms with van der Waals surface area (Å²) < 4.78 is 12.4. The van der Waals surface area contributed by atoms with E-state index < -0.39 is 10.8 Å². The van der Waals surface area contributed by atoms with Gasteiger partial charge in [-0.15, -0.1) is 54.7 Å². The van der Waals surface area contributed by atoms with Crippen molar-refractivity contribution in [1.29, 1.82) is 0 Å². The Balaban J connectivity index is 0.000000177. The molecule has 6 aromatic heterocycles. The van der Waals surface area contributed by atoms with E-state index in [-0.39, 0.29) is 0 Å². The third-order valence-electron chi connectivity index (χ3n) is 15.7. The predicted octanol–water partition coefficient (Wildman–Crippen LogP) is 14.3. The van der Waals surface area contributed by atoms with Gasteiger partial charge < -0.3 is 28.6 Å². The second-order valence-electron chi connectivity index (χ2n) is 22.6. The number of carbonyl (C=O) groups excluding carboxylic acids is 1. The van der Waals surface area contributed by atoms with Gasteiger partial charge in [0.25, 0.3) is 0 Å². The van der Waals surface area contributed by atoms with Gasteiger partial charge in [-0.25, -0.2) is 0 Å². The second-order valence-corrected chi connectivity index (χ2v) is 25.1. The van der Waals surface area contributed by atoms with E-state index in [2.05, 4.69) is 144 Å². The first kappa shape index (κ1) is 54.3. The minimum Gasteiger partial charge on any atom is -0.420 e. The molecule has 2 fully saturated rings. The third-order valence-corrected chi connectivity index (χ3v) is 18.7. The molecule has 0 saturated carbocycles. The highest BCUT2D eigenvalue weighted by molar-refractivity contribution is 7.19. The van der Waals surface area contributed by atoms with E-state index in [1.807, 2.05) is 65.6 Å². The molecular weight excluding hydrogens is 1040 g/mol. The van der Waals surface area contributed by atoms with Crippen molar-refractivity contribution in [3.05, 3.63) is 164 Å². The fourth-order valence-electron chi connectivity index (χ4n) is 11.3. The minimum absolute atomic E-state index is 0.298. The molecule has 79 heavy (non-hydrogen) atoms. The molecule has 4 aromatic carbocycles. The second kappa shape index (κ2) is 22.8. The summed E-state index contributed by atoms with van der Waals surface area (Å²) in [6.07, 6.45) is 4.04. The molecule has 15 heteroatoms. The molecule has 0 bridgehead atoms. The zero-order chi connectivity index (χ0) is 55.0. The lowest BCUT2D eigenvalue weighted by atomic mass is 9.90. The molecule has 10 aromatic rings. The number of piperazine rings is 1. The first-order chi connectivity index (χ1) is 38.1. The average molecular weight is 1110 g/mol. The molecule has 0 atom stereocenters. The Labute approximate surface area is 476 Å². The standard InChI is InChI=1S/C37H44N6O2S.C27H26ClN3OS/c1-25-20-26(2)22-28(21-25)33-29(12-15-41-16-18-42(19-17-41)24-32(44)43-13-8-9-14-43)30-23-31(46-35(30)38-33)37(3,4)36-40-39-34(45-36)27-10-6-5-7-11-27;1-16-12-17(2)14-19(13-16)23-20(10-11-28)21-15-22(33-25(21)29-23)27(3,4)26-31-30-24(32-26)18-8-6-5-7-9-18/h5-7,10-11,20-23,38H,8-9,12-19,24H2,1-4H3;5-9,12-15,29H,10-11H2,1-4H3. The minimum atomic E-state index is -0.440. The SMILES string of the molecule is Cc1cc(C)cc(-c2[nH]c3sc(C(C)(C)c4nnc(-c5ccccc5)o4)cc3c2CCCl)c1.Cc1cc(C)cc(-c2[nH]c3sc(C(C)(C)c4nnc(-c5ccccc5)o4)cc3c2CCN2CCN(CC(=O)N3CCCC3)CC2)c1. The van der Waals surface area contributed by atoms with E-state index in [1.54, 1.807) is 22.7 Å². The molecule has 2 saturated heterocycles. The molecule has 12 rings (SSSR count). The normalized spacial score (nSPS) is 14.7. The molecule has 1 amide bonds. The van der Waals surface area contributed by atoms with Crippen molar-refractivity contribution in [1.82, 2.24) is 45.1 Å². The summed E-state index contributed by atoms with van der Waals surface area (Å²) >= 11 is 9.75. The topological polar surface area (TPSA) is 136 Å². The monoisotopic (exact) mass is 1110 g/mol. The molecule has 0 radical (unpaired) electrons. The number of alkyl halides is 1. The lowest BCUT2D eigenvalue weighted by Crippen LogP contribution is -2.50. The number of amides is 1. The number of benzene rings is 4. The van der Waals surface area contributed by atoms with Crippen LogP contribution >= 0.6 is 34.3 Å². The van der Waals surface area contributed by atoms with Crippen LogP contribution in [0.25, 0.3) is 65.9 Å². The molecular formula is C64H70ClN9O3S2. The number of nitrogens with one attached hydrogen (secondary N) is 2. The molecule has 2 N–H and O–H groups in total. The number of likely N-dealkylation sites (tertiary alicyclic amines) is 1. The summed E-state index contributed by atoms with van der Waals surface area (Å²) in [5.41, 5.74) is 13.5. The van der Waals surface area contributed by atoms with Crippen molar-refractivity contribution in [3.8, 4) is 45.4 Å². The lowest BCUT2D eigenvalue weighted by Gasteiger charge is -2.35. The van der Waals surface area contributed by atoms with E-state index in [4.69, 9.17) is 20.4 Å². The van der Waals surface area contributed by atoms with Crippen LogP contribution in [0.5, 0.6) is 0 Å². The summed E-state index contributed by atoms with van der Waals surface area (Å²) in [5, 5.41) is 20.1. The molecule has 0 spiro atoms. The van der Waals surface area contributed by atoms with E-state index in [0.717, 1.165) is 93.1 Å². The number of aromatic nitrogens is 6. The molecule has 408 valence electrons. The first-order valence-electron chi connectivity index (χ1n) is 27.7. The Bertz CT molecular complexity index is 3700. The summed E-state index contributed by atoms with van der Waals surface area (Å²) in [6, 6.07) is 37.9. The van der Waals surface area contributed by atoms with Gasteiger partial charge in [-0.3, -0.25) is 9.69 Å². The van der Waals surface area contributed by atoms with Crippen LogP contribution < -0.4 is 0 Å². The van der Waals surface area contributed by atoms with Crippen LogP contribution in [0, 0.1) is 27.7 Å². The van der Waals surface area contributed by atoms with Gasteiger partial charge in [0, 0.05) is 83.3 Å². The summed E-state index contributed by atoms with van der Waals surface area (Å²) in [4.78, 5) is 31.9. The Hall–Kier alpha value is -6.68. The summed E-state index contributed by atoms with van der Waals surface area (Å²) in [5.74, 6) is 3.19. The Kier molecular flexibility index (Phi) is 15.7. The number of rotatable bonds is 15. The van der Waals surface area contributed by atoms with Crippen molar-refractivity contribution in [2.45, 2.75) is 91.9 Å². The molecule has 8 heterocycles. The number of aryl methyl sites for hydroxylation is 5. The summed E-state index contributed by atoms with van der Waals surface area (Å²) in [6.45, 7) is 24.5. The van der Waals surface area contributed by atoms with Crippen LogP contribution in [0.4, 0.5) is 0 Å². The van der Waals surface area contributed by atoms with Crippen LogP contribution in [0.2, 0.25) is 0 Å². The van der Waals surface area contributed by atoms with Crippen molar-refractivity contribution in [3.63, 3.8) is 0 Å².